The first kappa shape index (κ1) is 17.8. The van der Waals surface area contributed by atoms with Gasteiger partial charge in [0, 0.05) is 30.2 Å². The molecule has 0 saturated carbocycles. The smallest absolute Gasteiger partial charge is 0.268 e. The van der Waals surface area contributed by atoms with Crippen LogP contribution in [0.15, 0.2) is 54.9 Å². The Labute approximate surface area is 162 Å². The second-order valence-electron chi connectivity index (χ2n) is 6.40. The van der Waals surface area contributed by atoms with Crippen molar-refractivity contribution >= 4 is 16.9 Å². The van der Waals surface area contributed by atoms with Crippen LogP contribution < -0.4 is 10.1 Å². The number of hydrogen-bond acceptors (Lipinski definition) is 4. The lowest BCUT2D eigenvalue weighted by atomic mass is 10.2. The lowest BCUT2D eigenvalue weighted by Crippen LogP contribution is -2.25. The molecule has 2 N–H and O–H groups in total. The van der Waals surface area contributed by atoms with Crippen LogP contribution in [0.4, 0.5) is 0 Å². The summed E-state index contributed by atoms with van der Waals surface area (Å²) in [4.78, 5) is 17.6. The van der Waals surface area contributed by atoms with Crippen molar-refractivity contribution < 1.29 is 9.53 Å². The molecule has 0 bridgehead atoms. The summed E-state index contributed by atoms with van der Waals surface area (Å²) in [5.74, 6) is 0.637. The maximum Gasteiger partial charge on any atom is 0.268 e. The molecule has 0 radical (unpaired) electrons. The summed E-state index contributed by atoms with van der Waals surface area (Å²) in [6, 6.07) is 13.5. The van der Waals surface area contributed by atoms with Crippen molar-refractivity contribution in [1.29, 1.82) is 0 Å². The van der Waals surface area contributed by atoms with Crippen LogP contribution in [0.5, 0.6) is 5.75 Å². The third-order valence-electron chi connectivity index (χ3n) is 4.67. The van der Waals surface area contributed by atoms with Gasteiger partial charge >= 0.3 is 0 Å². The van der Waals surface area contributed by atoms with E-state index in [0.29, 0.717) is 18.8 Å². The van der Waals surface area contributed by atoms with Crippen molar-refractivity contribution in [3.8, 4) is 17.0 Å². The number of carbonyl (C=O) groups excluding carboxylic acids is 1. The molecule has 7 heteroatoms. The predicted molar refractivity (Wildman–Crippen MR) is 107 cm³/mol. The molecule has 1 aromatic carbocycles. The van der Waals surface area contributed by atoms with E-state index in [1.54, 1.807) is 19.5 Å². The lowest BCUT2D eigenvalue weighted by molar-refractivity contribution is 0.0942. The normalized spacial score (nSPS) is 10.9. The Morgan fingerprint density at radius 2 is 2.14 bits per heavy atom. The molecule has 0 spiro atoms. The molecule has 0 aliphatic carbocycles. The Balaban J connectivity index is 1.61. The van der Waals surface area contributed by atoms with Gasteiger partial charge in [-0.05, 0) is 42.8 Å². The van der Waals surface area contributed by atoms with Crippen molar-refractivity contribution in [3.63, 3.8) is 0 Å². The molecule has 3 heterocycles. The number of carbonyl (C=O) groups is 1. The molecule has 0 fully saturated rings. The first-order valence-electron chi connectivity index (χ1n) is 9.10. The highest BCUT2D eigenvalue weighted by Crippen LogP contribution is 2.23. The van der Waals surface area contributed by atoms with E-state index in [4.69, 9.17) is 9.72 Å². The molecule has 0 saturated heterocycles. The first-order chi connectivity index (χ1) is 13.7. The molecule has 1 amide bonds. The largest absolute Gasteiger partial charge is 0.497 e. The number of hydrogen-bond donors (Lipinski definition) is 2. The zero-order valence-electron chi connectivity index (χ0n) is 15.8. The first-order valence-corrected chi connectivity index (χ1v) is 9.10. The Kier molecular flexibility index (Phi) is 4.80. The minimum atomic E-state index is -0.132. The van der Waals surface area contributed by atoms with Crippen LogP contribution in [-0.4, -0.2) is 32.8 Å². The van der Waals surface area contributed by atoms with Crippen LogP contribution in [0.3, 0.4) is 0 Å². The number of pyridine rings is 1. The highest BCUT2D eigenvalue weighted by molar-refractivity contribution is 5.98. The molecule has 28 heavy (non-hydrogen) atoms. The zero-order chi connectivity index (χ0) is 19.5. The average molecular weight is 375 g/mol. The lowest BCUT2D eigenvalue weighted by Gasteiger charge is -2.09. The number of amides is 1. The van der Waals surface area contributed by atoms with Gasteiger partial charge < -0.3 is 14.6 Å². The quantitative estimate of drug-likeness (QED) is 0.541. The van der Waals surface area contributed by atoms with E-state index >= 15 is 0 Å². The molecular formula is C21H21N5O2. The number of nitrogens with one attached hydrogen (secondary N) is 2. The highest BCUT2D eigenvalue weighted by Gasteiger charge is 2.16. The number of nitrogens with zero attached hydrogens (tertiary/aromatic N) is 3. The summed E-state index contributed by atoms with van der Waals surface area (Å²) in [5.41, 5.74) is 4.09. The Morgan fingerprint density at radius 1 is 1.25 bits per heavy atom. The second kappa shape index (κ2) is 7.56. The van der Waals surface area contributed by atoms with Crippen molar-refractivity contribution in [2.75, 3.05) is 7.11 Å². The van der Waals surface area contributed by atoms with Gasteiger partial charge in [0.1, 0.15) is 17.1 Å². The summed E-state index contributed by atoms with van der Waals surface area (Å²) >= 11 is 0. The molecule has 0 aliphatic rings. The van der Waals surface area contributed by atoms with Gasteiger partial charge in [0.15, 0.2) is 0 Å². The number of methoxy groups -OCH3 is 1. The number of ether oxygens (including phenoxy) is 1. The third kappa shape index (κ3) is 3.34. The molecule has 0 unspecified atom stereocenters. The minimum Gasteiger partial charge on any atom is -0.497 e. The summed E-state index contributed by atoms with van der Waals surface area (Å²) < 4.78 is 7.16. The van der Waals surface area contributed by atoms with Crippen LogP contribution in [0, 0.1) is 0 Å². The van der Waals surface area contributed by atoms with E-state index in [1.165, 1.54) is 0 Å². The number of aromatic nitrogens is 4. The standard InChI is InChI=1S/C21H21N5O2/c1-3-26-19(21(27)22-11-14-5-4-6-17(9-14)28-2)10-15-7-8-18(25-20(15)26)16-12-23-24-13-16/h4-10,12-13H,3,11H2,1-2H3,(H,22,27)(H,23,24). The number of H-pyrrole nitrogens is 1. The van der Waals surface area contributed by atoms with E-state index in [1.807, 2.05) is 54.0 Å². The summed E-state index contributed by atoms with van der Waals surface area (Å²) in [5, 5.41) is 10.7. The van der Waals surface area contributed by atoms with Crippen LogP contribution >= 0.6 is 0 Å². The van der Waals surface area contributed by atoms with Gasteiger partial charge in [-0.25, -0.2) is 4.98 Å². The van der Waals surface area contributed by atoms with E-state index in [0.717, 1.165) is 33.6 Å². The van der Waals surface area contributed by atoms with E-state index in [9.17, 15) is 4.79 Å². The Morgan fingerprint density at radius 3 is 2.89 bits per heavy atom. The second-order valence-corrected chi connectivity index (χ2v) is 6.40. The number of aryl methyl sites for hydroxylation is 1. The van der Waals surface area contributed by atoms with Gasteiger partial charge in [0.2, 0.25) is 0 Å². The fourth-order valence-corrected chi connectivity index (χ4v) is 3.24. The van der Waals surface area contributed by atoms with E-state index in [-0.39, 0.29) is 5.91 Å². The topological polar surface area (TPSA) is 84.8 Å². The number of rotatable bonds is 6. The van der Waals surface area contributed by atoms with Gasteiger partial charge in [-0.1, -0.05) is 12.1 Å². The number of aromatic amines is 1. The monoisotopic (exact) mass is 375 g/mol. The molecule has 3 aromatic heterocycles. The van der Waals surface area contributed by atoms with Crippen LogP contribution in [0.25, 0.3) is 22.3 Å². The summed E-state index contributed by atoms with van der Waals surface area (Å²) in [7, 11) is 1.63. The zero-order valence-corrected chi connectivity index (χ0v) is 15.8. The van der Waals surface area contributed by atoms with E-state index < -0.39 is 0 Å². The van der Waals surface area contributed by atoms with Crippen LogP contribution in [-0.2, 0) is 13.1 Å². The van der Waals surface area contributed by atoms with Crippen molar-refractivity contribution in [2.45, 2.75) is 20.0 Å². The van der Waals surface area contributed by atoms with Crippen molar-refractivity contribution in [2.24, 2.45) is 0 Å². The van der Waals surface area contributed by atoms with Crippen LogP contribution in [0.1, 0.15) is 23.0 Å². The van der Waals surface area contributed by atoms with E-state index in [2.05, 4.69) is 15.5 Å². The summed E-state index contributed by atoms with van der Waals surface area (Å²) in [6.45, 7) is 3.08. The third-order valence-corrected chi connectivity index (χ3v) is 4.67. The fourth-order valence-electron chi connectivity index (χ4n) is 3.24. The Hall–Kier alpha value is -3.61. The molecule has 0 aliphatic heterocycles. The highest BCUT2D eigenvalue weighted by atomic mass is 16.5. The van der Waals surface area contributed by atoms with Gasteiger partial charge in [0.05, 0.1) is 19.0 Å². The minimum absolute atomic E-state index is 0.132. The number of benzene rings is 1. The molecule has 4 rings (SSSR count). The SMILES string of the molecule is CCn1c(C(=O)NCc2cccc(OC)c2)cc2ccc(-c3cn[nH]c3)nc21. The predicted octanol–water partition coefficient (Wildman–Crippen LogP) is 3.38. The van der Waals surface area contributed by atoms with Gasteiger partial charge in [-0.2, -0.15) is 5.10 Å². The van der Waals surface area contributed by atoms with Gasteiger partial charge in [-0.3, -0.25) is 9.89 Å². The van der Waals surface area contributed by atoms with Crippen molar-refractivity contribution in [3.05, 3.63) is 66.1 Å². The maximum atomic E-state index is 12.8. The molecule has 7 nitrogen and oxygen atoms in total. The molecule has 142 valence electrons. The molecular weight excluding hydrogens is 354 g/mol. The van der Waals surface area contributed by atoms with Crippen LogP contribution in [0.2, 0.25) is 0 Å². The average Bonchev–Trinajstić information content (AvgIpc) is 3.39. The molecule has 4 aromatic rings. The van der Waals surface area contributed by atoms with Crippen molar-refractivity contribution in [1.82, 2.24) is 25.1 Å². The fraction of sp³-hybridized carbons (Fsp3) is 0.190. The van der Waals surface area contributed by atoms with Gasteiger partial charge in [-0.15, -0.1) is 0 Å². The van der Waals surface area contributed by atoms with Gasteiger partial charge in [0.25, 0.3) is 5.91 Å². The molecule has 0 atom stereocenters. The number of fused-ring (bicyclic) bond motifs is 1. The summed E-state index contributed by atoms with van der Waals surface area (Å²) in [6.07, 6.45) is 3.53. The Bertz CT molecular complexity index is 1120. The maximum absolute atomic E-state index is 12.8.